The normalized spacial score (nSPS) is 26.9. The Morgan fingerprint density at radius 2 is 2.07 bits per heavy atom. The number of amides is 1. The molecule has 160 valence electrons. The van der Waals surface area contributed by atoms with E-state index in [1.165, 1.54) is 0 Å². The molecule has 0 radical (unpaired) electrons. The Labute approximate surface area is 166 Å². The molecular formula is C19H24F3N3O4. The minimum Gasteiger partial charge on any atom is -0.475 e. The van der Waals surface area contributed by atoms with Crippen molar-refractivity contribution >= 4 is 11.9 Å². The first kappa shape index (κ1) is 21.5. The van der Waals surface area contributed by atoms with Crippen LogP contribution in [0.4, 0.5) is 13.2 Å². The van der Waals surface area contributed by atoms with Gasteiger partial charge in [0, 0.05) is 57.2 Å². The number of rotatable bonds is 4. The predicted octanol–water partition coefficient (Wildman–Crippen LogP) is 1.78. The fraction of sp³-hybridized carbons (Fsp3) is 0.632. The molecule has 10 heteroatoms. The summed E-state index contributed by atoms with van der Waals surface area (Å²) in [6, 6.07) is 6.07. The summed E-state index contributed by atoms with van der Waals surface area (Å²) in [6.45, 7) is 5.59. The molecule has 3 aliphatic heterocycles. The lowest BCUT2D eigenvalue weighted by atomic mass is 9.93. The summed E-state index contributed by atoms with van der Waals surface area (Å²) >= 11 is 0. The first-order valence-corrected chi connectivity index (χ1v) is 9.56. The van der Waals surface area contributed by atoms with E-state index < -0.39 is 12.1 Å². The van der Waals surface area contributed by atoms with Gasteiger partial charge in [-0.05, 0) is 18.6 Å². The third-order valence-corrected chi connectivity index (χ3v) is 5.50. The second kappa shape index (κ2) is 9.08. The van der Waals surface area contributed by atoms with Gasteiger partial charge in [0.25, 0.3) is 0 Å². The van der Waals surface area contributed by atoms with Crippen molar-refractivity contribution in [2.75, 3.05) is 32.8 Å². The number of likely N-dealkylation sites (tertiary alicyclic amines) is 2. The minimum atomic E-state index is -5.08. The number of nitrogens with zero attached hydrogens (tertiary/aromatic N) is 3. The Morgan fingerprint density at radius 3 is 2.66 bits per heavy atom. The maximum Gasteiger partial charge on any atom is 0.490 e. The van der Waals surface area contributed by atoms with Gasteiger partial charge >= 0.3 is 12.1 Å². The second-order valence-electron chi connectivity index (χ2n) is 7.56. The van der Waals surface area contributed by atoms with E-state index in [0.717, 1.165) is 57.9 Å². The molecule has 4 rings (SSSR count). The Balaban J connectivity index is 0.000000298. The molecule has 3 atom stereocenters. The molecule has 3 fully saturated rings. The number of fused-ring (bicyclic) bond motifs is 1. The largest absolute Gasteiger partial charge is 0.490 e. The predicted molar refractivity (Wildman–Crippen MR) is 95.7 cm³/mol. The summed E-state index contributed by atoms with van der Waals surface area (Å²) in [6.07, 6.45) is -1.14. The van der Waals surface area contributed by atoms with Gasteiger partial charge in [-0.2, -0.15) is 13.2 Å². The smallest absolute Gasteiger partial charge is 0.475 e. The molecule has 0 saturated carbocycles. The molecule has 7 nitrogen and oxygen atoms in total. The van der Waals surface area contributed by atoms with Crippen LogP contribution >= 0.6 is 0 Å². The topological polar surface area (TPSA) is 83.0 Å². The number of halogens is 3. The van der Waals surface area contributed by atoms with Crippen LogP contribution in [0, 0.1) is 11.8 Å². The number of carboxylic acid groups (broad SMARTS) is 1. The van der Waals surface area contributed by atoms with Crippen molar-refractivity contribution < 1.29 is 32.6 Å². The van der Waals surface area contributed by atoms with E-state index in [9.17, 15) is 18.0 Å². The van der Waals surface area contributed by atoms with Crippen LogP contribution in [-0.4, -0.2) is 76.8 Å². The molecule has 0 spiro atoms. The van der Waals surface area contributed by atoms with Gasteiger partial charge in [0.05, 0.1) is 18.4 Å². The fourth-order valence-corrected chi connectivity index (χ4v) is 4.10. The Kier molecular flexibility index (Phi) is 6.74. The molecule has 0 unspecified atom stereocenters. The van der Waals surface area contributed by atoms with Crippen LogP contribution in [0.2, 0.25) is 0 Å². The summed E-state index contributed by atoms with van der Waals surface area (Å²) in [7, 11) is 0. The van der Waals surface area contributed by atoms with Crippen molar-refractivity contribution in [3.8, 4) is 0 Å². The Morgan fingerprint density at radius 1 is 1.31 bits per heavy atom. The highest BCUT2D eigenvalue weighted by Gasteiger charge is 2.44. The van der Waals surface area contributed by atoms with Crippen molar-refractivity contribution in [1.29, 1.82) is 0 Å². The zero-order valence-electron chi connectivity index (χ0n) is 15.8. The lowest BCUT2D eigenvalue weighted by Crippen LogP contribution is -2.35. The van der Waals surface area contributed by atoms with Crippen molar-refractivity contribution in [1.82, 2.24) is 14.8 Å². The number of hydrogen-bond donors (Lipinski definition) is 1. The van der Waals surface area contributed by atoms with Gasteiger partial charge in [-0.15, -0.1) is 0 Å². The van der Waals surface area contributed by atoms with Gasteiger partial charge in [0.1, 0.15) is 0 Å². The summed E-state index contributed by atoms with van der Waals surface area (Å²) < 4.78 is 37.7. The number of aliphatic carboxylic acids is 1. The fourth-order valence-electron chi connectivity index (χ4n) is 4.10. The third-order valence-electron chi connectivity index (χ3n) is 5.50. The number of pyridine rings is 1. The molecule has 1 aromatic rings. The lowest BCUT2D eigenvalue weighted by molar-refractivity contribution is -0.192. The highest BCUT2D eigenvalue weighted by Crippen LogP contribution is 2.35. The zero-order valence-corrected chi connectivity index (χ0v) is 15.8. The standard InChI is InChI=1S/C17H23N3O2.C2HF3O2/c21-17-5-3-7-20(17)8-13-12-22-16-11-19(10-15(13)16)9-14-4-1-2-6-18-14;3-2(4,5)1(6)7/h1-2,4,6,13,15-16H,3,5,7-12H2;(H,6,7)/t13-,15-,16-;/m1./s1. The first-order chi connectivity index (χ1) is 13.7. The minimum absolute atomic E-state index is 0.326. The van der Waals surface area contributed by atoms with Crippen LogP contribution in [0.5, 0.6) is 0 Å². The molecule has 0 bridgehead atoms. The number of aromatic nitrogens is 1. The van der Waals surface area contributed by atoms with E-state index >= 15 is 0 Å². The molecule has 1 amide bonds. The van der Waals surface area contributed by atoms with Gasteiger partial charge in [-0.25, -0.2) is 4.79 Å². The number of carboxylic acids is 1. The van der Waals surface area contributed by atoms with Gasteiger partial charge in [-0.3, -0.25) is 14.7 Å². The third kappa shape index (κ3) is 5.66. The quantitative estimate of drug-likeness (QED) is 0.807. The van der Waals surface area contributed by atoms with E-state index in [1.54, 1.807) is 0 Å². The number of hydrogen-bond acceptors (Lipinski definition) is 5. The molecule has 3 aliphatic rings. The van der Waals surface area contributed by atoms with Crippen molar-refractivity contribution in [3.05, 3.63) is 30.1 Å². The van der Waals surface area contributed by atoms with E-state index in [-0.39, 0.29) is 0 Å². The summed E-state index contributed by atoms with van der Waals surface area (Å²) in [4.78, 5) is 29.6. The zero-order chi connectivity index (χ0) is 21.0. The maximum absolute atomic E-state index is 11.8. The molecule has 29 heavy (non-hydrogen) atoms. The van der Waals surface area contributed by atoms with E-state index in [0.29, 0.717) is 23.8 Å². The van der Waals surface area contributed by atoms with E-state index in [2.05, 4.69) is 16.0 Å². The molecule has 0 aromatic carbocycles. The first-order valence-electron chi connectivity index (χ1n) is 9.56. The van der Waals surface area contributed by atoms with Crippen LogP contribution in [0.25, 0.3) is 0 Å². The van der Waals surface area contributed by atoms with Gasteiger partial charge < -0.3 is 14.7 Å². The Bertz CT molecular complexity index is 716. The van der Waals surface area contributed by atoms with Gasteiger partial charge in [0.15, 0.2) is 0 Å². The SMILES string of the molecule is O=C(O)C(F)(F)F.O=C1CCCN1C[C@@H]1CO[C@@H]2CN(Cc3ccccn3)C[C@H]12. The summed E-state index contributed by atoms with van der Waals surface area (Å²) in [5.74, 6) is -1.36. The maximum atomic E-state index is 11.8. The van der Waals surface area contributed by atoms with Crippen LogP contribution < -0.4 is 0 Å². The molecule has 3 saturated heterocycles. The lowest BCUT2D eigenvalue weighted by Gasteiger charge is -2.24. The molecule has 1 N–H and O–H groups in total. The number of alkyl halides is 3. The van der Waals surface area contributed by atoms with Crippen LogP contribution in [-0.2, 0) is 20.9 Å². The van der Waals surface area contributed by atoms with Gasteiger partial charge in [-0.1, -0.05) is 6.07 Å². The molecule has 4 heterocycles. The Hall–Kier alpha value is -2.20. The molecule has 1 aromatic heterocycles. The summed E-state index contributed by atoms with van der Waals surface area (Å²) in [5, 5.41) is 7.12. The van der Waals surface area contributed by atoms with Crippen LogP contribution in [0.15, 0.2) is 24.4 Å². The summed E-state index contributed by atoms with van der Waals surface area (Å²) in [5.41, 5.74) is 1.12. The highest BCUT2D eigenvalue weighted by atomic mass is 19.4. The van der Waals surface area contributed by atoms with Gasteiger partial charge in [0.2, 0.25) is 5.91 Å². The van der Waals surface area contributed by atoms with E-state index in [1.807, 2.05) is 23.2 Å². The van der Waals surface area contributed by atoms with Crippen molar-refractivity contribution in [2.45, 2.75) is 31.7 Å². The monoisotopic (exact) mass is 415 g/mol. The highest BCUT2D eigenvalue weighted by molar-refractivity contribution is 5.78. The number of carbonyl (C=O) groups is 2. The second-order valence-corrected chi connectivity index (χ2v) is 7.56. The number of ether oxygens (including phenoxy) is 1. The average Bonchev–Trinajstić information content (AvgIpc) is 3.34. The van der Waals surface area contributed by atoms with Crippen LogP contribution in [0.1, 0.15) is 18.5 Å². The van der Waals surface area contributed by atoms with E-state index in [4.69, 9.17) is 14.6 Å². The average molecular weight is 415 g/mol. The number of carbonyl (C=O) groups excluding carboxylic acids is 1. The van der Waals surface area contributed by atoms with Crippen LogP contribution in [0.3, 0.4) is 0 Å². The molecule has 0 aliphatic carbocycles. The molecular weight excluding hydrogens is 391 g/mol. The van der Waals surface area contributed by atoms with Crippen molar-refractivity contribution in [2.24, 2.45) is 11.8 Å². The van der Waals surface area contributed by atoms with Crippen molar-refractivity contribution in [3.63, 3.8) is 0 Å².